The second-order valence-electron chi connectivity index (χ2n) is 7.17. The molecule has 0 aliphatic carbocycles. The van der Waals surface area contributed by atoms with Gasteiger partial charge in [0.15, 0.2) is 0 Å². The Morgan fingerprint density at radius 1 is 1.04 bits per heavy atom. The van der Waals surface area contributed by atoms with Crippen LogP contribution in [-0.2, 0) is 0 Å². The maximum atomic E-state index is 12.5. The highest BCUT2D eigenvalue weighted by molar-refractivity contribution is 6.04. The molecule has 1 aliphatic heterocycles. The fourth-order valence-electron chi connectivity index (χ4n) is 3.38. The third kappa shape index (κ3) is 4.03. The lowest BCUT2D eigenvalue weighted by Crippen LogP contribution is -2.33. The van der Waals surface area contributed by atoms with Gasteiger partial charge in [-0.15, -0.1) is 0 Å². The van der Waals surface area contributed by atoms with Crippen molar-refractivity contribution in [3.63, 3.8) is 0 Å². The number of aromatic nitrogens is 2. The molecule has 4 rings (SSSR count). The van der Waals surface area contributed by atoms with Crippen molar-refractivity contribution in [3.8, 4) is 5.69 Å². The SMILES string of the molecule is CC1CCN(c2ccc(NC(=O)c3ccc(-n4cccc4)cc3)cn2)CC1. The van der Waals surface area contributed by atoms with Crippen LogP contribution in [0.15, 0.2) is 67.1 Å². The van der Waals surface area contributed by atoms with E-state index in [0.29, 0.717) is 11.3 Å². The van der Waals surface area contributed by atoms with Gasteiger partial charge in [-0.3, -0.25) is 4.79 Å². The number of benzene rings is 1. The van der Waals surface area contributed by atoms with Gasteiger partial charge in [-0.2, -0.15) is 0 Å². The molecule has 0 radical (unpaired) electrons. The van der Waals surface area contributed by atoms with Crippen LogP contribution in [0.3, 0.4) is 0 Å². The molecule has 1 aromatic carbocycles. The molecule has 0 unspecified atom stereocenters. The molecule has 3 aromatic rings. The Morgan fingerprint density at radius 2 is 1.74 bits per heavy atom. The lowest BCUT2D eigenvalue weighted by atomic mass is 9.99. The van der Waals surface area contributed by atoms with Crippen LogP contribution in [0.2, 0.25) is 0 Å². The van der Waals surface area contributed by atoms with Gasteiger partial charge in [0, 0.05) is 36.7 Å². The minimum absolute atomic E-state index is 0.129. The summed E-state index contributed by atoms with van der Waals surface area (Å²) in [5.41, 5.74) is 2.36. The number of hydrogen-bond donors (Lipinski definition) is 1. The Kier molecular flexibility index (Phi) is 4.92. The van der Waals surface area contributed by atoms with Crippen molar-refractivity contribution in [3.05, 3.63) is 72.7 Å². The highest BCUT2D eigenvalue weighted by Crippen LogP contribution is 2.22. The summed E-state index contributed by atoms with van der Waals surface area (Å²) in [7, 11) is 0. The summed E-state index contributed by atoms with van der Waals surface area (Å²) in [5, 5.41) is 2.92. The number of piperidine rings is 1. The van der Waals surface area contributed by atoms with Gasteiger partial charge in [0.1, 0.15) is 5.82 Å². The summed E-state index contributed by atoms with van der Waals surface area (Å²) >= 11 is 0. The molecule has 27 heavy (non-hydrogen) atoms. The van der Waals surface area contributed by atoms with Crippen molar-refractivity contribution in [2.45, 2.75) is 19.8 Å². The van der Waals surface area contributed by atoms with E-state index < -0.39 is 0 Å². The Balaban J connectivity index is 1.39. The molecule has 1 N–H and O–H groups in total. The summed E-state index contributed by atoms with van der Waals surface area (Å²) < 4.78 is 2.01. The van der Waals surface area contributed by atoms with Crippen molar-refractivity contribution >= 4 is 17.4 Å². The average Bonchev–Trinajstić information content (AvgIpc) is 3.24. The van der Waals surface area contributed by atoms with Gasteiger partial charge >= 0.3 is 0 Å². The number of pyridine rings is 1. The van der Waals surface area contributed by atoms with Crippen LogP contribution in [0, 0.1) is 5.92 Å². The van der Waals surface area contributed by atoms with Crippen LogP contribution in [0.25, 0.3) is 5.69 Å². The van der Waals surface area contributed by atoms with Gasteiger partial charge in [0.2, 0.25) is 0 Å². The van der Waals surface area contributed by atoms with Crippen molar-refractivity contribution in [2.24, 2.45) is 5.92 Å². The molecule has 2 aromatic heterocycles. The van der Waals surface area contributed by atoms with E-state index in [4.69, 9.17) is 0 Å². The van der Waals surface area contributed by atoms with Gasteiger partial charge in [-0.25, -0.2) is 4.98 Å². The number of nitrogens with zero attached hydrogens (tertiary/aromatic N) is 3. The molecule has 0 atom stereocenters. The number of amides is 1. The Hall–Kier alpha value is -3.08. The fourth-order valence-corrected chi connectivity index (χ4v) is 3.38. The van der Waals surface area contributed by atoms with E-state index in [0.717, 1.165) is 30.5 Å². The molecule has 0 spiro atoms. The predicted molar refractivity (Wildman–Crippen MR) is 109 cm³/mol. The first kappa shape index (κ1) is 17.3. The molecule has 1 saturated heterocycles. The molecule has 5 nitrogen and oxygen atoms in total. The van der Waals surface area contributed by atoms with Gasteiger partial charge in [0.05, 0.1) is 11.9 Å². The number of anilines is 2. The number of hydrogen-bond acceptors (Lipinski definition) is 3. The van der Waals surface area contributed by atoms with E-state index in [2.05, 4.69) is 22.1 Å². The number of carbonyl (C=O) groups excluding carboxylic acids is 1. The maximum absolute atomic E-state index is 12.5. The van der Waals surface area contributed by atoms with E-state index in [1.54, 1.807) is 6.20 Å². The zero-order chi connectivity index (χ0) is 18.6. The summed E-state index contributed by atoms with van der Waals surface area (Å²) in [5.74, 6) is 1.65. The second-order valence-corrected chi connectivity index (χ2v) is 7.17. The van der Waals surface area contributed by atoms with Crippen molar-refractivity contribution in [1.29, 1.82) is 0 Å². The van der Waals surface area contributed by atoms with Gasteiger partial charge in [-0.1, -0.05) is 6.92 Å². The summed E-state index contributed by atoms with van der Waals surface area (Å²) in [4.78, 5) is 19.3. The highest BCUT2D eigenvalue weighted by atomic mass is 16.1. The molecule has 1 amide bonds. The largest absolute Gasteiger partial charge is 0.357 e. The number of carbonyl (C=O) groups is 1. The minimum atomic E-state index is -0.129. The minimum Gasteiger partial charge on any atom is -0.357 e. The molecule has 0 saturated carbocycles. The zero-order valence-electron chi connectivity index (χ0n) is 15.5. The molecule has 1 aliphatic rings. The van der Waals surface area contributed by atoms with Crippen molar-refractivity contribution in [1.82, 2.24) is 9.55 Å². The van der Waals surface area contributed by atoms with Gasteiger partial charge in [-0.05, 0) is 67.3 Å². The quantitative estimate of drug-likeness (QED) is 0.752. The molecular formula is C22H24N4O. The predicted octanol–water partition coefficient (Wildman–Crippen LogP) is 4.36. The first-order valence-corrected chi connectivity index (χ1v) is 9.45. The van der Waals surface area contributed by atoms with Gasteiger partial charge in [0.25, 0.3) is 5.91 Å². The third-order valence-electron chi connectivity index (χ3n) is 5.15. The average molecular weight is 360 g/mol. The van der Waals surface area contributed by atoms with E-state index in [9.17, 15) is 4.79 Å². The molecule has 5 heteroatoms. The maximum Gasteiger partial charge on any atom is 0.255 e. The van der Waals surface area contributed by atoms with E-state index in [1.165, 1.54) is 12.8 Å². The van der Waals surface area contributed by atoms with Crippen LogP contribution in [0.4, 0.5) is 11.5 Å². The summed E-state index contributed by atoms with van der Waals surface area (Å²) in [6.07, 6.45) is 8.11. The second kappa shape index (κ2) is 7.66. The van der Waals surface area contributed by atoms with Crippen LogP contribution in [0.5, 0.6) is 0 Å². The molecule has 3 heterocycles. The van der Waals surface area contributed by atoms with Crippen LogP contribution in [0.1, 0.15) is 30.1 Å². The topological polar surface area (TPSA) is 50.2 Å². The molecular weight excluding hydrogens is 336 g/mol. The normalized spacial score (nSPS) is 14.9. The van der Waals surface area contributed by atoms with E-state index in [1.807, 2.05) is 65.5 Å². The molecule has 0 bridgehead atoms. The van der Waals surface area contributed by atoms with Crippen LogP contribution >= 0.6 is 0 Å². The lowest BCUT2D eigenvalue weighted by molar-refractivity contribution is 0.102. The molecule has 138 valence electrons. The molecule has 1 fully saturated rings. The summed E-state index contributed by atoms with van der Waals surface area (Å²) in [6.45, 7) is 4.40. The summed E-state index contributed by atoms with van der Waals surface area (Å²) in [6, 6.07) is 15.4. The fraction of sp³-hybridized carbons (Fsp3) is 0.273. The monoisotopic (exact) mass is 360 g/mol. The first-order valence-electron chi connectivity index (χ1n) is 9.45. The van der Waals surface area contributed by atoms with Crippen molar-refractivity contribution in [2.75, 3.05) is 23.3 Å². The van der Waals surface area contributed by atoms with Crippen LogP contribution in [-0.4, -0.2) is 28.5 Å². The smallest absolute Gasteiger partial charge is 0.255 e. The standard InChI is InChI=1S/C22H24N4O/c1-17-10-14-26(15-11-17)21-9-6-19(16-23-21)24-22(27)18-4-7-20(8-5-18)25-12-2-3-13-25/h2-9,12-13,16-17H,10-11,14-15H2,1H3,(H,24,27). The first-order chi connectivity index (χ1) is 13.2. The lowest BCUT2D eigenvalue weighted by Gasteiger charge is -2.31. The third-order valence-corrected chi connectivity index (χ3v) is 5.15. The van der Waals surface area contributed by atoms with Crippen LogP contribution < -0.4 is 10.2 Å². The number of nitrogens with one attached hydrogen (secondary N) is 1. The van der Waals surface area contributed by atoms with E-state index >= 15 is 0 Å². The Morgan fingerprint density at radius 3 is 2.37 bits per heavy atom. The highest BCUT2D eigenvalue weighted by Gasteiger charge is 2.17. The number of rotatable bonds is 4. The Labute approximate surface area is 159 Å². The zero-order valence-corrected chi connectivity index (χ0v) is 15.5. The van der Waals surface area contributed by atoms with Crippen molar-refractivity contribution < 1.29 is 4.79 Å². The Bertz CT molecular complexity index is 877. The van der Waals surface area contributed by atoms with Gasteiger partial charge < -0.3 is 14.8 Å². The van der Waals surface area contributed by atoms with E-state index in [-0.39, 0.29) is 5.91 Å².